The summed E-state index contributed by atoms with van der Waals surface area (Å²) in [4.78, 5) is 13.3. The van der Waals surface area contributed by atoms with Gasteiger partial charge in [-0.3, -0.25) is 4.79 Å². The van der Waals surface area contributed by atoms with Crippen LogP contribution in [0.2, 0.25) is 0 Å². The molecule has 2 saturated heterocycles. The lowest BCUT2D eigenvalue weighted by molar-refractivity contribution is -0.359. The van der Waals surface area contributed by atoms with Crippen molar-refractivity contribution in [3.63, 3.8) is 0 Å². The molecule has 14 heteroatoms. The number of ether oxygens (including phenoxy) is 4. The summed E-state index contributed by atoms with van der Waals surface area (Å²) >= 11 is 0. The monoisotopic (exact) mass is 1210 g/mol. The van der Waals surface area contributed by atoms with E-state index in [9.17, 15) is 45.6 Å². The summed E-state index contributed by atoms with van der Waals surface area (Å²) in [5.74, 6) is -0.248. The van der Waals surface area contributed by atoms with Crippen LogP contribution in [0.15, 0.2) is 36.5 Å². The van der Waals surface area contributed by atoms with Crippen molar-refractivity contribution in [3.05, 3.63) is 36.5 Å². The molecule has 2 heterocycles. The molecule has 500 valence electrons. The number of nitrogens with one attached hydrogen (secondary N) is 1. The van der Waals surface area contributed by atoms with Gasteiger partial charge in [0, 0.05) is 6.42 Å². The van der Waals surface area contributed by atoms with E-state index in [2.05, 4.69) is 43.5 Å². The van der Waals surface area contributed by atoms with Gasteiger partial charge in [-0.2, -0.15) is 0 Å². The number of amides is 1. The van der Waals surface area contributed by atoms with Crippen LogP contribution in [0.3, 0.4) is 0 Å². The van der Waals surface area contributed by atoms with Gasteiger partial charge in [0.1, 0.15) is 48.8 Å². The predicted octanol–water partition coefficient (Wildman–Crippen LogP) is 14.5. The zero-order valence-corrected chi connectivity index (χ0v) is 54.4. The average Bonchev–Trinajstić information content (AvgIpc) is 3.69. The highest BCUT2D eigenvalue weighted by molar-refractivity contribution is 5.76. The van der Waals surface area contributed by atoms with Crippen LogP contribution in [0, 0.1) is 0 Å². The molecule has 2 fully saturated rings. The number of carbonyl (C=O) groups excluding carboxylic acids is 1. The summed E-state index contributed by atoms with van der Waals surface area (Å²) in [6.45, 7) is 2.80. The maximum Gasteiger partial charge on any atom is 0.220 e. The van der Waals surface area contributed by atoms with E-state index in [1.807, 2.05) is 6.08 Å². The second-order valence-corrected chi connectivity index (χ2v) is 25.4. The van der Waals surface area contributed by atoms with Crippen molar-refractivity contribution in [1.29, 1.82) is 0 Å². The number of unbranched alkanes of at least 4 members (excludes halogenated alkanes) is 42. The van der Waals surface area contributed by atoms with Gasteiger partial charge in [-0.25, -0.2) is 0 Å². The second kappa shape index (κ2) is 56.2. The van der Waals surface area contributed by atoms with Crippen LogP contribution in [-0.2, 0) is 23.7 Å². The Bertz CT molecular complexity index is 1560. The molecule has 0 aromatic heterocycles. The molecular weight excluding hydrogens is 1070 g/mol. The first kappa shape index (κ1) is 79.3. The van der Waals surface area contributed by atoms with E-state index in [0.717, 1.165) is 44.9 Å². The number of carbonyl (C=O) groups is 1. The maximum absolute atomic E-state index is 13.3. The Morgan fingerprint density at radius 2 is 0.753 bits per heavy atom. The van der Waals surface area contributed by atoms with Crippen LogP contribution in [0.25, 0.3) is 0 Å². The van der Waals surface area contributed by atoms with Gasteiger partial charge >= 0.3 is 0 Å². The zero-order chi connectivity index (χ0) is 61.6. The van der Waals surface area contributed by atoms with Crippen LogP contribution in [0.5, 0.6) is 0 Å². The van der Waals surface area contributed by atoms with E-state index in [1.165, 1.54) is 238 Å². The first-order valence-corrected chi connectivity index (χ1v) is 35.7. The van der Waals surface area contributed by atoms with E-state index < -0.39 is 86.8 Å². The van der Waals surface area contributed by atoms with Crippen molar-refractivity contribution in [2.45, 2.75) is 389 Å². The topological polar surface area (TPSA) is 228 Å². The maximum atomic E-state index is 13.3. The molecule has 2 rings (SSSR count). The van der Waals surface area contributed by atoms with Gasteiger partial charge in [0.2, 0.25) is 5.91 Å². The van der Waals surface area contributed by atoms with Crippen LogP contribution < -0.4 is 5.32 Å². The van der Waals surface area contributed by atoms with E-state index in [0.29, 0.717) is 12.8 Å². The Balaban J connectivity index is 1.60. The second-order valence-electron chi connectivity index (χ2n) is 25.4. The van der Waals surface area contributed by atoms with Crippen molar-refractivity contribution in [2.75, 3.05) is 19.8 Å². The minimum Gasteiger partial charge on any atom is -0.394 e. The molecule has 0 spiro atoms. The summed E-state index contributed by atoms with van der Waals surface area (Å²) in [6, 6.07) is -0.936. The minimum atomic E-state index is -1.79. The van der Waals surface area contributed by atoms with Crippen LogP contribution in [0.4, 0.5) is 0 Å². The van der Waals surface area contributed by atoms with Crippen molar-refractivity contribution < 1.29 is 64.6 Å². The van der Waals surface area contributed by atoms with Crippen LogP contribution >= 0.6 is 0 Å². The van der Waals surface area contributed by atoms with E-state index in [4.69, 9.17) is 18.9 Å². The fraction of sp³-hybridized carbons (Fsp3) is 0.901. The molecule has 1 amide bonds. The molecule has 0 bridgehead atoms. The van der Waals surface area contributed by atoms with Gasteiger partial charge in [0.25, 0.3) is 0 Å². The van der Waals surface area contributed by atoms with Crippen molar-refractivity contribution in [1.82, 2.24) is 5.32 Å². The average molecular weight is 1210 g/mol. The van der Waals surface area contributed by atoms with E-state index in [-0.39, 0.29) is 18.9 Å². The van der Waals surface area contributed by atoms with Crippen LogP contribution in [0.1, 0.15) is 316 Å². The third-order valence-electron chi connectivity index (χ3n) is 17.6. The molecule has 0 aromatic carbocycles. The van der Waals surface area contributed by atoms with Gasteiger partial charge in [-0.1, -0.05) is 301 Å². The number of aliphatic hydroxyl groups excluding tert-OH is 8. The number of allylic oxidation sites excluding steroid dienone is 5. The Kier molecular flexibility index (Phi) is 52.4. The fourth-order valence-corrected chi connectivity index (χ4v) is 11.9. The highest BCUT2D eigenvalue weighted by atomic mass is 16.7. The molecule has 2 aliphatic heterocycles. The van der Waals surface area contributed by atoms with E-state index >= 15 is 0 Å². The molecule has 9 N–H and O–H groups in total. The summed E-state index contributed by atoms with van der Waals surface area (Å²) in [5.41, 5.74) is 0. The Morgan fingerprint density at radius 3 is 1.15 bits per heavy atom. The smallest absolute Gasteiger partial charge is 0.220 e. The highest BCUT2D eigenvalue weighted by Gasteiger charge is 2.51. The summed E-state index contributed by atoms with van der Waals surface area (Å²) in [6.07, 6.45) is 55.2. The lowest BCUT2D eigenvalue weighted by Crippen LogP contribution is -2.65. The summed E-state index contributed by atoms with van der Waals surface area (Å²) in [5, 5.41) is 87.3. The molecule has 12 atom stereocenters. The SMILES string of the molecule is CCCCCCCC/C=C/CC/C=C/CC/C=C/C(O)C(COC1OC(CO)C(OC2OC(CO)C(O)C(O)C2O)C(O)C1O)NC(=O)CCCCCCCCCCCCCCCCCCCCCCCCCCCCCCCCCCCCC. The quantitative estimate of drug-likeness (QED) is 0.0204. The third kappa shape index (κ3) is 40.5. The van der Waals surface area contributed by atoms with Crippen molar-refractivity contribution in [2.24, 2.45) is 0 Å². The number of hydrogen-bond acceptors (Lipinski definition) is 13. The molecule has 85 heavy (non-hydrogen) atoms. The fourth-order valence-electron chi connectivity index (χ4n) is 11.9. The highest BCUT2D eigenvalue weighted by Crippen LogP contribution is 2.30. The molecule has 0 radical (unpaired) electrons. The van der Waals surface area contributed by atoms with Gasteiger partial charge in [-0.15, -0.1) is 0 Å². The zero-order valence-electron chi connectivity index (χ0n) is 54.4. The van der Waals surface area contributed by atoms with Gasteiger partial charge in [-0.05, 0) is 44.9 Å². The number of rotatable bonds is 59. The van der Waals surface area contributed by atoms with Crippen molar-refractivity contribution >= 4 is 5.91 Å². The summed E-state index contributed by atoms with van der Waals surface area (Å²) < 4.78 is 22.8. The molecule has 2 aliphatic rings. The first-order chi connectivity index (χ1) is 41.6. The molecule has 0 saturated carbocycles. The summed E-state index contributed by atoms with van der Waals surface area (Å²) in [7, 11) is 0. The van der Waals surface area contributed by atoms with Crippen molar-refractivity contribution in [3.8, 4) is 0 Å². The number of aliphatic hydroxyl groups is 8. The molecular formula is C71H133NO13. The molecule has 14 nitrogen and oxygen atoms in total. The third-order valence-corrected chi connectivity index (χ3v) is 17.6. The standard InChI is InChI=1S/C71H133NO13/c1-3-5-7-9-11-13-15-17-19-21-22-23-24-25-26-27-28-29-30-31-32-33-34-35-36-37-38-39-41-43-45-47-49-51-53-55-63(76)72-59(60(75)54-52-50-48-46-44-42-40-20-18-16-14-12-10-8-6-4-2)58-82-70-68(81)66(79)69(62(57-74)84-70)85-71-67(80)65(78)64(77)61(56-73)83-71/h18,20,44,46,52,54,59-62,64-71,73-75,77-81H,3-17,19,21-43,45,47-51,53,55-58H2,1-2H3,(H,72,76)/b20-18+,46-44+,54-52+. The van der Waals surface area contributed by atoms with Gasteiger partial charge < -0.3 is 65.1 Å². The van der Waals surface area contributed by atoms with Gasteiger partial charge in [0.15, 0.2) is 12.6 Å². The Morgan fingerprint density at radius 1 is 0.412 bits per heavy atom. The predicted molar refractivity (Wildman–Crippen MR) is 346 cm³/mol. The minimum absolute atomic E-state index is 0.248. The molecule has 0 aromatic rings. The largest absolute Gasteiger partial charge is 0.394 e. The lowest BCUT2D eigenvalue weighted by Gasteiger charge is -2.46. The van der Waals surface area contributed by atoms with E-state index in [1.54, 1.807) is 6.08 Å². The Labute approximate surface area is 519 Å². The number of hydrogen-bond donors (Lipinski definition) is 9. The Hall–Kier alpha value is -1.79. The molecule has 12 unspecified atom stereocenters. The molecule has 0 aliphatic carbocycles. The normalized spacial score (nSPS) is 23.7. The van der Waals surface area contributed by atoms with Crippen LogP contribution in [-0.4, -0.2) is 140 Å². The first-order valence-electron chi connectivity index (χ1n) is 35.7. The van der Waals surface area contributed by atoms with Gasteiger partial charge in [0.05, 0.1) is 32.0 Å². The lowest BCUT2D eigenvalue weighted by atomic mass is 9.97.